The van der Waals surface area contributed by atoms with Crippen molar-refractivity contribution in [3.63, 3.8) is 0 Å². The second-order valence-electron chi connectivity index (χ2n) is 9.94. The van der Waals surface area contributed by atoms with Crippen LogP contribution in [0.15, 0.2) is 42.5 Å². The first-order valence-corrected chi connectivity index (χ1v) is 12.6. The minimum absolute atomic E-state index is 0.119. The Hall–Kier alpha value is -0.943. The summed E-state index contributed by atoms with van der Waals surface area (Å²) in [7, 11) is -2.01. The van der Waals surface area contributed by atoms with Gasteiger partial charge >= 0.3 is 0 Å². The first kappa shape index (κ1) is 21.4. The van der Waals surface area contributed by atoms with Gasteiger partial charge in [0.2, 0.25) is 8.32 Å². The summed E-state index contributed by atoms with van der Waals surface area (Å²) in [6, 6.07) is 10.9. The van der Waals surface area contributed by atoms with E-state index in [2.05, 4.69) is 91.5 Å². The Kier molecular flexibility index (Phi) is 6.23. The predicted molar refractivity (Wildman–Crippen MR) is 112 cm³/mol. The van der Waals surface area contributed by atoms with E-state index in [1.807, 2.05) is 5.23 Å². The minimum Gasteiger partial charge on any atom is -0.320 e. The summed E-state index contributed by atoms with van der Waals surface area (Å²) in [5.41, 5.74) is 2.23. The van der Waals surface area contributed by atoms with Crippen molar-refractivity contribution >= 4 is 8.32 Å². The Morgan fingerprint density at radius 2 is 1.85 bits per heavy atom. The summed E-state index contributed by atoms with van der Waals surface area (Å²) in [5, 5.41) is 1.97. The first-order chi connectivity index (χ1) is 11.8. The summed E-state index contributed by atoms with van der Waals surface area (Å²) in [6.45, 7) is 21.9. The molecule has 0 amide bonds. The van der Waals surface area contributed by atoms with E-state index < -0.39 is 8.32 Å². The third-order valence-corrected chi connectivity index (χ3v) is 9.94. The van der Waals surface area contributed by atoms with E-state index in [1.54, 1.807) is 0 Å². The normalized spacial score (nSPS) is 24.5. The molecule has 0 N–H and O–H groups in total. The third-order valence-electron chi connectivity index (χ3n) is 5.69. The van der Waals surface area contributed by atoms with Crippen LogP contribution >= 0.6 is 0 Å². The molecule has 1 aromatic carbocycles. The topological polar surface area (TPSA) is 21.7 Å². The van der Waals surface area contributed by atoms with Crippen molar-refractivity contribution in [2.45, 2.75) is 90.1 Å². The predicted octanol–water partition coefficient (Wildman–Crippen LogP) is 6.46. The molecule has 26 heavy (non-hydrogen) atoms. The van der Waals surface area contributed by atoms with Gasteiger partial charge in [0.25, 0.3) is 0 Å². The van der Waals surface area contributed by atoms with Crippen molar-refractivity contribution in [1.29, 1.82) is 0 Å². The van der Waals surface area contributed by atoms with Crippen LogP contribution in [0.5, 0.6) is 0 Å². The lowest BCUT2D eigenvalue weighted by molar-refractivity contribution is -0.410. The van der Waals surface area contributed by atoms with Crippen LogP contribution in [-0.2, 0) is 9.36 Å². The largest absolute Gasteiger partial charge is 0.320 e. The molecule has 0 saturated carbocycles. The molecule has 0 spiro atoms. The van der Waals surface area contributed by atoms with Crippen molar-refractivity contribution in [3.8, 4) is 0 Å². The smallest absolute Gasteiger partial charge is 0.223 e. The molecule has 0 aliphatic carbocycles. The highest BCUT2D eigenvalue weighted by atomic mass is 28.4. The number of benzene rings is 1. The number of hydrogen-bond acceptors (Lipinski definition) is 3. The molecule has 1 heterocycles. The zero-order chi connectivity index (χ0) is 19.8. The van der Waals surface area contributed by atoms with Gasteiger partial charge in [-0.25, -0.2) is 0 Å². The number of nitrogens with zero attached hydrogens (tertiary/aromatic N) is 1. The van der Waals surface area contributed by atoms with E-state index in [4.69, 9.17) is 9.36 Å². The highest BCUT2D eigenvalue weighted by Crippen LogP contribution is 2.44. The van der Waals surface area contributed by atoms with Crippen LogP contribution in [0.1, 0.15) is 65.9 Å². The molecule has 1 aliphatic rings. The molecule has 4 heteroatoms. The van der Waals surface area contributed by atoms with Gasteiger partial charge in [-0.2, -0.15) is 0 Å². The molecule has 0 bridgehead atoms. The lowest BCUT2D eigenvalue weighted by atomic mass is 9.79. The zero-order valence-corrected chi connectivity index (χ0v) is 18.9. The van der Waals surface area contributed by atoms with Gasteiger partial charge in [0, 0.05) is 5.92 Å². The van der Waals surface area contributed by atoms with E-state index >= 15 is 0 Å². The van der Waals surface area contributed by atoms with E-state index in [1.165, 1.54) is 5.56 Å². The highest BCUT2D eigenvalue weighted by Gasteiger charge is 2.47. The average molecular weight is 376 g/mol. The number of rotatable bonds is 5. The zero-order valence-electron chi connectivity index (χ0n) is 17.9. The fraction of sp³-hybridized carbons (Fsp3) is 0.636. The Balaban J connectivity index is 2.41. The molecule has 146 valence electrons. The van der Waals surface area contributed by atoms with Crippen LogP contribution in [0.2, 0.25) is 18.1 Å². The second-order valence-corrected chi connectivity index (χ2v) is 14.6. The molecule has 2 atom stereocenters. The van der Waals surface area contributed by atoms with Gasteiger partial charge < -0.3 is 4.53 Å². The fourth-order valence-corrected chi connectivity index (χ4v) is 4.12. The Morgan fingerprint density at radius 1 is 1.27 bits per heavy atom. The van der Waals surface area contributed by atoms with E-state index in [9.17, 15) is 0 Å². The molecule has 1 fully saturated rings. The first-order valence-electron chi connectivity index (χ1n) is 9.69. The second kappa shape index (κ2) is 7.59. The van der Waals surface area contributed by atoms with E-state index in [-0.39, 0.29) is 16.7 Å². The summed E-state index contributed by atoms with van der Waals surface area (Å²) in [6.07, 6.45) is 1.83. The van der Waals surface area contributed by atoms with Gasteiger partial charge in [0.15, 0.2) is 0 Å². The summed E-state index contributed by atoms with van der Waals surface area (Å²) in [5.74, 6) is 0.349. The van der Waals surface area contributed by atoms with Crippen molar-refractivity contribution in [2.24, 2.45) is 0 Å². The molecule has 1 aliphatic heterocycles. The monoisotopic (exact) mass is 375 g/mol. The van der Waals surface area contributed by atoms with Crippen molar-refractivity contribution in [1.82, 2.24) is 5.23 Å². The maximum Gasteiger partial charge on any atom is 0.223 e. The number of hydrogen-bond donors (Lipinski definition) is 0. The quantitative estimate of drug-likeness (QED) is 0.435. The van der Waals surface area contributed by atoms with E-state index in [0.717, 1.165) is 18.4 Å². The Morgan fingerprint density at radius 3 is 2.35 bits per heavy atom. The van der Waals surface area contributed by atoms with Crippen LogP contribution in [0, 0.1) is 0 Å². The number of hydroxylamine groups is 2. The molecule has 1 aromatic rings. The maximum absolute atomic E-state index is 6.65. The minimum atomic E-state index is -2.01. The van der Waals surface area contributed by atoms with E-state index in [0.29, 0.717) is 5.92 Å². The van der Waals surface area contributed by atoms with Gasteiger partial charge in [-0.15, -0.1) is 6.58 Å². The molecule has 0 aromatic heterocycles. The van der Waals surface area contributed by atoms with Gasteiger partial charge in [-0.1, -0.05) is 61.9 Å². The molecule has 2 unspecified atom stereocenters. The van der Waals surface area contributed by atoms with Crippen molar-refractivity contribution in [2.75, 3.05) is 0 Å². The van der Waals surface area contributed by atoms with Crippen LogP contribution in [-0.4, -0.2) is 25.2 Å². The van der Waals surface area contributed by atoms with Gasteiger partial charge in [0.05, 0.1) is 11.6 Å². The van der Waals surface area contributed by atoms with Gasteiger partial charge in [-0.3, -0.25) is 4.84 Å². The summed E-state index contributed by atoms with van der Waals surface area (Å²) < 4.78 is 6.65. The average Bonchev–Trinajstić information content (AvgIpc) is 2.48. The fourth-order valence-electron chi connectivity index (χ4n) is 3.22. The summed E-state index contributed by atoms with van der Waals surface area (Å²) >= 11 is 0. The Labute approximate surface area is 161 Å². The lowest BCUT2D eigenvalue weighted by Gasteiger charge is -2.50. The van der Waals surface area contributed by atoms with Gasteiger partial charge in [-0.05, 0) is 57.3 Å². The maximum atomic E-state index is 6.65. The SMILES string of the molecule is C=C(C)CC1C(c2ccccc2)CC(C)(C)ON1O[Si](C)(C)C(C)(C)C. The van der Waals surface area contributed by atoms with Crippen LogP contribution in [0.4, 0.5) is 0 Å². The molecular weight excluding hydrogens is 338 g/mol. The van der Waals surface area contributed by atoms with Crippen molar-refractivity contribution < 1.29 is 9.36 Å². The van der Waals surface area contributed by atoms with Gasteiger partial charge in [0.1, 0.15) is 0 Å². The molecule has 1 saturated heterocycles. The van der Waals surface area contributed by atoms with Crippen LogP contribution in [0.25, 0.3) is 0 Å². The van der Waals surface area contributed by atoms with Crippen molar-refractivity contribution in [3.05, 3.63) is 48.0 Å². The molecule has 0 radical (unpaired) electrons. The highest BCUT2D eigenvalue weighted by molar-refractivity contribution is 6.74. The molecule has 2 rings (SSSR count). The molecular formula is C22H37NO2Si. The van der Waals surface area contributed by atoms with Crippen LogP contribution in [0.3, 0.4) is 0 Å². The van der Waals surface area contributed by atoms with Crippen LogP contribution < -0.4 is 0 Å². The summed E-state index contributed by atoms with van der Waals surface area (Å²) in [4.78, 5) is 6.37. The standard InChI is InChI=1S/C22H37NO2Si/c1-17(2)15-20-19(18-13-11-10-12-14-18)16-22(6,7)24-23(20)25-26(8,9)21(3,4)5/h10-14,19-20H,1,15-16H2,2-9H3. The Bertz CT molecular complexity index is 619. The lowest BCUT2D eigenvalue weighted by Crippen LogP contribution is -2.57. The third kappa shape index (κ3) is 5.07. The molecule has 3 nitrogen and oxygen atoms in total.